The molecule has 2 rings (SSSR count). The predicted octanol–water partition coefficient (Wildman–Crippen LogP) is 3.32. The highest BCUT2D eigenvalue weighted by Gasteiger charge is 2.12. The van der Waals surface area contributed by atoms with Crippen molar-refractivity contribution in [2.75, 3.05) is 5.73 Å². The maximum Gasteiger partial charge on any atom is 0.339 e. The molecule has 0 saturated heterocycles. The number of carboxylic acid groups (broad SMARTS) is 1. The number of rotatable bonds is 4. The van der Waals surface area contributed by atoms with Crippen molar-refractivity contribution in [3.05, 3.63) is 53.6 Å². The molecule has 2 aromatic rings. The zero-order chi connectivity index (χ0) is 13.8. The second-order valence-corrected chi connectivity index (χ2v) is 4.16. The summed E-state index contributed by atoms with van der Waals surface area (Å²) in [4.78, 5) is 11.1. The number of aromatic carboxylic acids is 1. The van der Waals surface area contributed by atoms with E-state index >= 15 is 0 Å². The average molecular weight is 257 g/mol. The van der Waals surface area contributed by atoms with Crippen LogP contribution in [0.25, 0.3) is 0 Å². The fraction of sp³-hybridized carbons (Fsp3) is 0.133. The third-order valence-corrected chi connectivity index (χ3v) is 2.77. The first-order chi connectivity index (χ1) is 9.10. The number of benzene rings is 2. The molecule has 0 fully saturated rings. The molecule has 0 aromatic heterocycles. The van der Waals surface area contributed by atoms with E-state index in [1.807, 2.05) is 25.1 Å². The zero-order valence-electron chi connectivity index (χ0n) is 10.6. The van der Waals surface area contributed by atoms with E-state index in [0.29, 0.717) is 11.4 Å². The van der Waals surface area contributed by atoms with E-state index in [9.17, 15) is 4.79 Å². The van der Waals surface area contributed by atoms with Crippen LogP contribution in [-0.4, -0.2) is 11.1 Å². The Bertz CT molecular complexity index is 608. The summed E-state index contributed by atoms with van der Waals surface area (Å²) in [6.45, 7) is 2.04. The van der Waals surface area contributed by atoms with E-state index in [0.717, 1.165) is 12.0 Å². The van der Waals surface area contributed by atoms with E-state index in [-0.39, 0.29) is 11.3 Å². The number of hydrogen-bond acceptors (Lipinski definition) is 3. The van der Waals surface area contributed by atoms with Gasteiger partial charge in [0.15, 0.2) is 0 Å². The van der Waals surface area contributed by atoms with Crippen LogP contribution >= 0.6 is 0 Å². The normalized spacial score (nSPS) is 10.2. The molecule has 0 atom stereocenters. The average Bonchev–Trinajstić information content (AvgIpc) is 2.38. The van der Waals surface area contributed by atoms with Gasteiger partial charge >= 0.3 is 5.97 Å². The van der Waals surface area contributed by atoms with Gasteiger partial charge in [-0.05, 0) is 36.2 Å². The minimum Gasteiger partial charge on any atom is -0.478 e. The minimum absolute atomic E-state index is 0.0936. The number of hydrogen-bond donors (Lipinski definition) is 2. The molecule has 4 heteroatoms. The smallest absolute Gasteiger partial charge is 0.339 e. The topological polar surface area (TPSA) is 72.5 Å². The highest BCUT2D eigenvalue weighted by atomic mass is 16.5. The van der Waals surface area contributed by atoms with E-state index in [2.05, 4.69) is 0 Å². The molecule has 0 aliphatic heterocycles. The summed E-state index contributed by atoms with van der Waals surface area (Å²) >= 11 is 0. The Morgan fingerprint density at radius 1 is 1.26 bits per heavy atom. The van der Waals surface area contributed by atoms with Crippen LogP contribution in [-0.2, 0) is 6.42 Å². The molecule has 0 heterocycles. The van der Waals surface area contributed by atoms with Crippen LogP contribution in [0.4, 0.5) is 5.69 Å². The predicted molar refractivity (Wildman–Crippen MR) is 73.7 cm³/mol. The van der Waals surface area contributed by atoms with Crippen molar-refractivity contribution in [2.24, 2.45) is 0 Å². The fourth-order valence-electron chi connectivity index (χ4n) is 1.76. The molecule has 0 aliphatic carbocycles. The summed E-state index contributed by atoms with van der Waals surface area (Å²) in [6.07, 6.45) is 0.889. The molecule has 2 aromatic carbocycles. The lowest BCUT2D eigenvalue weighted by atomic mass is 10.1. The van der Waals surface area contributed by atoms with E-state index in [1.54, 1.807) is 12.1 Å². The summed E-state index contributed by atoms with van der Waals surface area (Å²) in [5, 5.41) is 9.11. The number of nitrogen functional groups attached to an aromatic ring is 1. The van der Waals surface area contributed by atoms with Crippen molar-refractivity contribution in [1.82, 2.24) is 0 Å². The van der Waals surface area contributed by atoms with E-state index in [4.69, 9.17) is 15.6 Å². The fourth-order valence-corrected chi connectivity index (χ4v) is 1.76. The molecule has 19 heavy (non-hydrogen) atoms. The Labute approximate surface area is 111 Å². The Kier molecular flexibility index (Phi) is 3.71. The lowest BCUT2D eigenvalue weighted by molar-refractivity contribution is 0.0694. The van der Waals surface area contributed by atoms with Crippen molar-refractivity contribution >= 4 is 11.7 Å². The first-order valence-electron chi connectivity index (χ1n) is 5.99. The summed E-state index contributed by atoms with van der Waals surface area (Å²) in [5.74, 6) is -0.185. The molecule has 0 radical (unpaired) electrons. The van der Waals surface area contributed by atoms with E-state index in [1.165, 1.54) is 12.1 Å². The molecule has 98 valence electrons. The van der Waals surface area contributed by atoms with Gasteiger partial charge in [0.05, 0.1) is 0 Å². The highest BCUT2D eigenvalue weighted by Crippen LogP contribution is 2.28. The number of anilines is 1. The van der Waals surface area contributed by atoms with Gasteiger partial charge < -0.3 is 15.6 Å². The van der Waals surface area contributed by atoms with Crippen molar-refractivity contribution in [3.63, 3.8) is 0 Å². The van der Waals surface area contributed by atoms with Gasteiger partial charge in [0.1, 0.15) is 17.1 Å². The van der Waals surface area contributed by atoms with Crippen LogP contribution in [0.5, 0.6) is 11.5 Å². The molecule has 3 N–H and O–H groups in total. The molecule has 0 bridgehead atoms. The number of carboxylic acids is 1. The molecule has 4 nitrogen and oxygen atoms in total. The minimum atomic E-state index is -1.04. The van der Waals surface area contributed by atoms with Gasteiger partial charge in [-0.1, -0.05) is 19.1 Å². The van der Waals surface area contributed by atoms with Crippen LogP contribution in [0, 0.1) is 0 Å². The summed E-state index contributed by atoms with van der Waals surface area (Å²) in [7, 11) is 0. The van der Waals surface area contributed by atoms with Crippen molar-refractivity contribution in [1.29, 1.82) is 0 Å². The number of aryl methyl sites for hydroxylation is 1. The van der Waals surface area contributed by atoms with Gasteiger partial charge in [0.2, 0.25) is 0 Å². The molecule has 0 spiro atoms. The first kappa shape index (κ1) is 13.0. The largest absolute Gasteiger partial charge is 0.478 e. The second-order valence-electron chi connectivity index (χ2n) is 4.16. The highest BCUT2D eigenvalue weighted by molar-refractivity contribution is 5.91. The number of nitrogens with two attached hydrogens (primary N) is 1. The van der Waals surface area contributed by atoms with Crippen molar-refractivity contribution in [3.8, 4) is 11.5 Å². The third-order valence-electron chi connectivity index (χ3n) is 2.77. The van der Waals surface area contributed by atoms with Gasteiger partial charge in [-0.25, -0.2) is 4.79 Å². The molecule has 0 aliphatic rings. The monoisotopic (exact) mass is 257 g/mol. The van der Waals surface area contributed by atoms with Crippen molar-refractivity contribution < 1.29 is 14.6 Å². The molecule has 0 saturated carbocycles. The third kappa shape index (κ3) is 3.04. The zero-order valence-corrected chi connectivity index (χ0v) is 10.6. The Morgan fingerprint density at radius 2 is 2.05 bits per heavy atom. The number of ether oxygens (including phenoxy) is 1. The van der Waals surface area contributed by atoms with Crippen LogP contribution < -0.4 is 10.5 Å². The molecule has 0 unspecified atom stereocenters. The maximum atomic E-state index is 11.1. The first-order valence-corrected chi connectivity index (χ1v) is 5.99. The van der Waals surface area contributed by atoms with Crippen LogP contribution in [0.1, 0.15) is 22.8 Å². The quantitative estimate of drug-likeness (QED) is 0.824. The van der Waals surface area contributed by atoms with Crippen LogP contribution in [0.2, 0.25) is 0 Å². The van der Waals surface area contributed by atoms with E-state index < -0.39 is 5.97 Å². The summed E-state index contributed by atoms with van der Waals surface area (Å²) in [5.41, 5.74) is 7.35. The van der Waals surface area contributed by atoms with Crippen molar-refractivity contribution in [2.45, 2.75) is 13.3 Å². The summed E-state index contributed by atoms with van der Waals surface area (Å²) in [6, 6.07) is 12.0. The molecular weight excluding hydrogens is 242 g/mol. The maximum absolute atomic E-state index is 11.1. The number of carbonyl (C=O) groups is 1. The Balaban J connectivity index is 2.36. The lowest BCUT2D eigenvalue weighted by Crippen LogP contribution is -2.01. The summed E-state index contributed by atoms with van der Waals surface area (Å²) < 4.78 is 5.63. The van der Waals surface area contributed by atoms with Gasteiger partial charge in [0, 0.05) is 11.8 Å². The Morgan fingerprint density at radius 3 is 2.74 bits per heavy atom. The van der Waals surface area contributed by atoms with Crippen LogP contribution in [0.3, 0.4) is 0 Å². The van der Waals surface area contributed by atoms with Gasteiger partial charge in [-0.2, -0.15) is 0 Å². The second kappa shape index (κ2) is 5.44. The lowest BCUT2D eigenvalue weighted by Gasteiger charge is -2.10. The van der Waals surface area contributed by atoms with Crippen LogP contribution in [0.15, 0.2) is 42.5 Å². The van der Waals surface area contributed by atoms with Gasteiger partial charge in [-0.3, -0.25) is 0 Å². The molecule has 0 amide bonds. The SMILES string of the molecule is CCc1cccc(Oc2cc(N)ccc2C(=O)O)c1. The van der Waals surface area contributed by atoms with Gasteiger partial charge in [-0.15, -0.1) is 0 Å². The standard InChI is InChI=1S/C15H15NO3/c1-2-10-4-3-5-12(8-10)19-14-9-11(16)6-7-13(14)15(17)18/h3-9H,2,16H2,1H3,(H,17,18). The molecular formula is C15H15NO3. The Hall–Kier alpha value is -2.49. The van der Waals surface area contributed by atoms with Gasteiger partial charge in [0.25, 0.3) is 0 Å².